The molecule has 5 nitrogen and oxygen atoms in total. The second-order valence-corrected chi connectivity index (χ2v) is 14.5. The molecule has 1 aliphatic rings. The Balaban J connectivity index is 2.14. The standard InChI is InChI=1S/C23H32O5Si/c1-22(2,3)29(7,8)28-23(4)12-15-9-14-10-16(26-5)11-18(27-6)20(14)21(25)19(15)17(24)13-23/h9-11,25H,12-13H2,1-8H3/t23-/m1/s1. The van der Waals surface area contributed by atoms with Gasteiger partial charge in [-0.1, -0.05) is 20.8 Å². The molecule has 0 heterocycles. The van der Waals surface area contributed by atoms with Crippen LogP contribution in [-0.2, 0) is 10.8 Å². The van der Waals surface area contributed by atoms with Gasteiger partial charge in [-0.05, 0) is 48.1 Å². The molecule has 0 radical (unpaired) electrons. The summed E-state index contributed by atoms with van der Waals surface area (Å²) < 4.78 is 17.5. The number of phenols is 1. The van der Waals surface area contributed by atoms with Crippen molar-refractivity contribution in [1.29, 1.82) is 0 Å². The van der Waals surface area contributed by atoms with Crippen LogP contribution >= 0.6 is 0 Å². The highest BCUT2D eigenvalue weighted by molar-refractivity contribution is 6.74. The van der Waals surface area contributed by atoms with Gasteiger partial charge >= 0.3 is 0 Å². The number of ether oxygens (including phenoxy) is 2. The molecule has 0 aromatic heterocycles. The lowest BCUT2D eigenvalue weighted by Gasteiger charge is -2.45. The Hall–Kier alpha value is -2.05. The molecule has 0 amide bonds. The normalized spacial score (nSPS) is 19.9. The molecule has 2 aromatic carbocycles. The van der Waals surface area contributed by atoms with Crippen molar-refractivity contribution in [2.24, 2.45) is 0 Å². The molecule has 1 atom stereocenters. The highest BCUT2D eigenvalue weighted by Gasteiger charge is 2.46. The Bertz CT molecular complexity index is 974. The summed E-state index contributed by atoms with van der Waals surface area (Å²) in [6.45, 7) is 13.0. The number of hydrogen-bond donors (Lipinski definition) is 1. The van der Waals surface area contributed by atoms with Crippen molar-refractivity contribution in [2.45, 2.75) is 64.3 Å². The molecule has 158 valence electrons. The second-order valence-electron chi connectivity index (χ2n) is 9.78. The maximum Gasteiger partial charge on any atom is 0.192 e. The number of benzene rings is 2. The summed E-state index contributed by atoms with van der Waals surface area (Å²) in [6.07, 6.45) is 0.827. The summed E-state index contributed by atoms with van der Waals surface area (Å²) >= 11 is 0. The van der Waals surface area contributed by atoms with Gasteiger partial charge in [0.2, 0.25) is 0 Å². The van der Waals surface area contributed by atoms with Crippen molar-refractivity contribution in [3.63, 3.8) is 0 Å². The number of fused-ring (bicyclic) bond motifs is 2. The molecule has 6 heteroatoms. The summed E-state index contributed by atoms with van der Waals surface area (Å²) in [5.74, 6) is 1.01. The zero-order valence-electron chi connectivity index (χ0n) is 18.7. The average molecular weight is 417 g/mol. The van der Waals surface area contributed by atoms with Crippen LogP contribution in [0.5, 0.6) is 17.2 Å². The highest BCUT2D eigenvalue weighted by atomic mass is 28.4. The number of rotatable bonds is 4. The van der Waals surface area contributed by atoms with Gasteiger partial charge in [-0.25, -0.2) is 0 Å². The monoisotopic (exact) mass is 416 g/mol. The van der Waals surface area contributed by atoms with E-state index in [9.17, 15) is 9.90 Å². The smallest absolute Gasteiger partial charge is 0.192 e. The van der Waals surface area contributed by atoms with Gasteiger partial charge in [0.1, 0.15) is 17.2 Å². The maximum absolute atomic E-state index is 13.1. The molecular weight excluding hydrogens is 384 g/mol. The summed E-state index contributed by atoms with van der Waals surface area (Å²) in [6, 6.07) is 5.52. The third kappa shape index (κ3) is 3.76. The van der Waals surface area contributed by atoms with E-state index < -0.39 is 13.9 Å². The van der Waals surface area contributed by atoms with Crippen LogP contribution in [0.25, 0.3) is 10.8 Å². The number of ketones is 1. The molecule has 29 heavy (non-hydrogen) atoms. The number of hydrogen-bond acceptors (Lipinski definition) is 5. The van der Waals surface area contributed by atoms with Crippen LogP contribution in [0, 0.1) is 0 Å². The summed E-state index contributed by atoms with van der Waals surface area (Å²) in [7, 11) is 1.06. The van der Waals surface area contributed by atoms with Crippen molar-refractivity contribution < 1.29 is 23.8 Å². The summed E-state index contributed by atoms with van der Waals surface area (Å²) in [5.41, 5.74) is 0.607. The van der Waals surface area contributed by atoms with E-state index in [0.29, 0.717) is 28.9 Å². The largest absolute Gasteiger partial charge is 0.506 e. The first-order chi connectivity index (χ1) is 13.3. The van der Waals surface area contributed by atoms with E-state index in [1.165, 1.54) is 0 Å². The van der Waals surface area contributed by atoms with Crippen LogP contribution in [-0.4, -0.2) is 39.0 Å². The fourth-order valence-electron chi connectivity index (χ4n) is 3.98. The van der Waals surface area contributed by atoms with Gasteiger partial charge in [0.15, 0.2) is 14.1 Å². The second kappa shape index (κ2) is 7.02. The van der Waals surface area contributed by atoms with E-state index in [4.69, 9.17) is 13.9 Å². The fraction of sp³-hybridized carbons (Fsp3) is 0.522. The van der Waals surface area contributed by atoms with Crippen LogP contribution in [0.15, 0.2) is 18.2 Å². The van der Waals surface area contributed by atoms with E-state index in [-0.39, 0.29) is 23.0 Å². The average Bonchev–Trinajstić information content (AvgIpc) is 2.57. The first-order valence-corrected chi connectivity index (χ1v) is 12.9. The maximum atomic E-state index is 13.1. The number of aromatic hydroxyl groups is 1. The van der Waals surface area contributed by atoms with Crippen LogP contribution in [0.3, 0.4) is 0 Å². The molecule has 0 bridgehead atoms. The zero-order valence-corrected chi connectivity index (χ0v) is 19.7. The first-order valence-electron chi connectivity index (χ1n) is 9.96. The SMILES string of the molecule is COc1cc(OC)c2c(O)c3c(cc2c1)C[C@@](C)(O[Si](C)(C)C(C)(C)C)CC3=O. The van der Waals surface area contributed by atoms with Crippen molar-refractivity contribution in [3.05, 3.63) is 29.3 Å². The zero-order chi connectivity index (χ0) is 21.8. The van der Waals surface area contributed by atoms with Crippen molar-refractivity contribution in [1.82, 2.24) is 0 Å². The van der Waals surface area contributed by atoms with E-state index in [0.717, 1.165) is 10.9 Å². The molecule has 0 saturated carbocycles. The number of phenolic OH excluding ortho intramolecular Hbond substituents is 1. The molecule has 2 aromatic rings. The van der Waals surface area contributed by atoms with Crippen LogP contribution in [0.4, 0.5) is 0 Å². The van der Waals surface area contributed by atoms with Crippen LogP contribution in [0.1, 0.15) is 50.0 Å². The van der Waals surface area contributed by atoms with Gasteiger partial charge in [-0.3, -0.25) is 4.79 Å². The number of Topliss-reactive ketones (excluding diaryl/α,β-unsaturated/α-hetero) is 1. The number of methoxy groups -OCH3 is 2. The molecule has 0 unspecified atom stereocenters. The molecular formula is C23H32O5Si. The lowest BCUT2D eigenvalue weighted by Crippen LogP contribution is -2.51. The fourth-order valence-corrected chi connectivity index (χ4v) is 5.66. The Morgan fingerprint density at radius 3 is 2.28 bits per heavy atom. The topological polar surface area (TPSA) is 65.0 Å². The van der Waals surface area contributed by atoms with Gasteiger partial charge in [0.25, 0.3) is 0 Å². The van der Waals surface area contributed by atoms with Gasteiger partial charge in [0, 0.05) is 18.9 Å². The summed E-state index contributed by atoms with van der Waals surface area (Å²) in [4.78, 5) is 13.1. The van der Waals surface area contributed by atoms with Gasteiger partial charge in [-0.2, -0.15) is 0 Å². The molecule has 0 spiro atoms. The third-order valence-corrected chi connectivity index (χ3v) is 11.0. The predicted molar refractivity (Wildman–Crippen MR) is 118 cm³/mol. The highest BCUT2D eigenvalue weighted by Crippen LogP contribution is 2.47. The molecule has 0 fully saturated rings. The molecule has 0 aliphatic heterocycles. The Morgan fingerprint density at radius 1 is 1.07 bits per heavy atom. The van der Waals surface area contributed by atoms with Gasteiger partial charge in [-0.15, -0.1) is 0 Å². The minimum atomic E-state index is -2.07. The minimum absolute atomic E-state index is 0.0172. The lowest BCUT2D eigenvalue weighted by molar-refractivity contribution is 0.0491. The molecule has 1 aliphatic carbocycles. The minimum Gasteiger partial charge on any atom is -0.506 e. The van der Waals surface area contributed by atoms with E-state index in [1.54, 1.807) is 20.3 Å². The molecule has 1 N–H and O–H groups in total. The van der Waals surface area contributed by atoms with Crippen molar-refractivity contribution in [2.75, 3.05) is 14.2 Å². The van der Waals surface area contributed by atoms with E-state index >= 15 is 0 Å². The van der Waals surface area contributed by atoms with Crippen LogP contribution < -0.4 is 9.47 Å². The molecule has 0 saturated heterocycles. The Morgan fingerprint density at radius 2 is 1.72 bits per heavy atom. The third-order valence-electron chi connectivity index (χ3n) is 6.37. The predicted octanol–water partition coefficient (Wildman–Crippen LogP) is 5.47. The van der Waals surface area contributed by atoms with Gasteiger partial charge in [0.05, 0.1) is 30.8 Å². The number of carbonyl (C=O) groups is 1. The Kier molecular flexibility index (Phi) is 5.24. The first kappa shape index (κ1) is 21.7. The van der Waals surface area contributed by atoms with Crippen molar-refractivity contribution in [3.8, 4) is 17.2 Å². The van der Waals surface area contributed by atoms with E-state index in [2.05, 4.69) is 33.9 Å². The van der Waals surface area contributed by atoms with Crippen LogP contribution in [0.2, 0.25) is 18.1 Å². The Labute approximate surface area is 174 Å². The lowest BCUT2D eigenvalue weighted by atomic mass is 9.79. The molecule has 3 rings (SSSR count). The quantitative estimate of drug-likeness (QED) is 0.669. The van der Waals surface area contributed by atoms with E-state index in [1.807, 2.05) is 19.1 Å². The summed E-state index contributed by atoms with van der Waals surface area (Å²) in [5, 5.41) is 12.4. The number of carbonyl (C=O) groups excluding carboxylic acids is 1. The van der Waals surface area contributed by atoms with Gasteiger partial charge < -0.3 is 19.0 Å². The van der Waals surface area contributed by atoms with Crippen molar-refractivity contribution >= 4 is 24.9 Å².